The summed E-state index contributed by atoms with van der Waals surface area (Å²) in [5.74, 6) is -3.24. The number of amides is 3. The molecule has 1 aromatic carbocycles. The molecule has 3 heterocycles. The highest BCUT2D eigenvalue weighted by Gasteiger charge is 2.68. The van der Waals surface area contributed by atoms with Gasteiger partial charge in [-0.3, -0.25) is 24.3 Å². The van der Waals surface area contributed by atoms with Crippen molar-refractivity contribution in [2.24, 2.45) is 5.41 Å². The number of rotatable bonds is 0. The van der Waals surface area contributed by atoms with Gasteiger partial charge in [-0.05, 0) is 19.9 Å². The first-order valence-corrected chi connectivity index (χ1v) is 7.54. The Hall–Kier alpha value is -2.51. The maximum atomic E-state index is 14.5. The Morgan fingerprint density at radius 2 is 1.75 bits per heavy atom. The maximum Gasteiger partial charge on any atom is 0.262 e. The number of nitrogens with zero attached hydrogens (tertiary/aromatic N) is 3. The van der Waals surface area contributed by atoms with Gasteiger partial charge in [0.15, 0.2) is 11.4 Å². The monoisotopic (exact) mass is 335 g/mol. The summed E-state index contributed by atoms with van der Waals surface area (Å²) in [6.07, 6.45) is -0.323. The number of fused-ring (bicyclic) bond motifs is 5. The van der Waals surface area contributed by atoms with E-state index < -0.39 is 40.3 Å². The predicted octanol–water partition coefficient (Wildman–Crippen LogP) is 1.15. The lowest BCUT2D eigenvalue weighted by Gasteiger charge is -2.33. The van der Waals surface area contributed by atoms with Crippen LogP contribution in [0.15, 0.2) is 12.1 Å². The van der Waals surface area contributed by atoms with E-state index in [2.05, 4.69) is 0 Å². The van der Waals surface area contributed by atoms with Gasteiger partial charge in [0.2, 0.25) is 11.8 Å². The molecule has 1 spiro atoms. The van der Waals surface area contributed by atoms with E-state index >= 15 is 0 Å². The number of likely N-dealkylation sites (tertiary alicyclic amines) is 1. The van der Waals surface area contributed by atoms with Crippen LogP contribution in [0.25, 0.3) is 0 Å². The Bertz CT molecular complexity index is 838. The Kier molecular flexibility index (Phi) is 2.58. The molecule has 0 aliphatic carbocycles. The van der Waals surface area contributed by atoms with Gasteiger partial charge in [0, 0.05) is 18.7 Å². The van der Waals surface area contributed by atoms with E-state index in [-0.39, 0.29) is 24.2 Å². The first-order chi connectivity index (χ1) is 11.1. The third kappa shape index (κ3) is 1.46. The van der Waals surface area contributed by atoms with Crippen LogP contribution < -0.4 is 5.01 Å². The van der Waals surface area contributed by atoms with Crippen LogP contribution in [-0.4, -0.2) is 41.2 Å². The molecule has 4 rings (SSSR count). The number of likely N-dealkylation sites (N-methyl/N-ethyl adjacent to an activating group) is 1. The molecule has 2 saturated heterocycles. The third-order valence-electron chi connectivity index (χ3n) is 5.09. The molecule has 6 nitrogen and oxygen atoms in total. The van der Waals surface area contributed by atoms with E-state index in [1.807, 2.05) is 0 Å². The maximum absolute atomic E-state index is 14.5. The van der Waals surface area contributed by atoms with Crippen molar-refractivity contribution in [3.05, 3.63) is 29.3 Å². The summed E-state index contributed by atoms with van der Waals surface area (Å²) in [5.41, 5.74) is -2.52. The van der Waals surface area contributed by atoms with Crippen molar-refractivity contribution in [3.63, 3.8) is 0 Å². The van der Waals surface area contributed by atoms with Crippen molar-refractivity contribution >= 4 is 23.4 Å². The van der Waals surface area contributed by atoms with Crippen LogP contribution >= 0.6 is 0 Å². The van der Waals surface area contributed by atoms with Gasteiger partial charge in [0.1, 0.15) is 5.82 Å². The number of anilines is 1. The van der Waals surface area contributed by atoms with E-state index in [0.717, 1.165) is 22.0 Å². The van der Waals surface area contributed by atoms with Crippen molar-refractivity contribution < 1.29 is 23.2 Å². The van der Waals surface area contributed by atoms with Gasteiger partial charge in [-0.25, -0.2) is 13.8 Å². The Morgan fingerprint density at radius 1 is 1.08 bits per heavy atom. The van der Waals surface area contributed by atoms with Crippen LogP contribution in [0.4, 0.5) is 14.5 Å². The average molecular weight is 335 g/mol. The minimum atomic E-state index is -1.70. The average Bonchev–Trinajstić information content (AvgIpc) is 2.96. The molecule has 0 aromatic heterocycles. The van der Waals surface area contributed by atoms with Crippen LogP contribution in [0.3, 0.4) is 0 Å². The molecule has 0 radical (unpaired) electrons. The molecule has 0 saturated carbocycles. The summed E-state index contributed by atoms with van der Waals surface area (Å²) < 4.78 is 28.3. The number of hydrogen-bond donors (Lipinski definition) is 0. The molecular formula is C16H15F2N3O3. The van der Waals surface area contributed by atoms with Crippen molar-refractivity contribution in [1.29, 1.82) is 0 Å². The summed E-state index contributed by atoms with van der Waals surface area (Å²) in [5, 5.41) is 2.53. The standard InChI is InChI=1S/C16H15F2N3O3/c1-15(2)7-20-12-9(4-8(17)5-10(12)18)16(21(20)13(15)23)6-11(22)19(3)14(16)24/h4-5H,6-7H2,1-3H3. The number of benzene rings is 1. The van der Waals surface area contributed by atoms with Crippen LogP contribution in [0, 0.1) is 17.0 Å². The molecule has 3 aliphatic heterocycles. The largest absolute Gasteiger partial charge is 0.283 e. The van der Waals surface area contributed by atoms with Gasteiger partial charge in [-0.15, -0.1) is 0 Å². The third-order valence-corrected chi connectivity index (χ3v) is 5.09. The molecular weight excluding hydrogens is 320 g/mol. The normalized spacial score (nSPS) is 27.5. The van der Waals surface area contributed by atoms with Crippen LogP contribution in [0.1, 0.15) is 25.8 Å². The number of hydrazine groups is 1. The first kappa shape index (κ1) is 15.0. The number of hydrogen-bond acceptors (Lipinski definition) is 4. The molecule has 3 amide bonds. The van der Waals surface area contributed by atoms with E-state index in [1.165, 1.54) is 12.1 Å². The van der Waals surface area contributed by atoms with Crippen molar-refractivity contribution in [3.8, 4) is 0 Å². The Balaban J connectivity index is 2.05. The van der Waals surface area contributed by atoms with Gasteiger partial charge in [-0.1, -0.05) is 0 Å². The zero-order valence-electron chi connectivity index (χ0n) is 13.4. The van der Waals surface area contributed by atoms with Gasteiger partial charge < -0.3 is 0 Å². The molecule has 1 atom stereocenters. The summed E-state index contributed by atoms with van der Waals surface area (Å²) in [4.78, 5) is 38.8. The molecule has 0 N–H and O–H groups in total. The molecule has 24 heavy (non-hydrogen) atoms. The molecule has 8 heteroatoms. The van der Waals surface area contributed by atoms with Gasteiger partial charge in [-0.2, -0.15) is 0 Å². The quantitative estimate of drug-likeness (QED) is 0.668. The lowest BCUT2D eigenvalue weighted by molar-refractivity contribution is -0.149. The van der Waals surface area contributed by atoms with E-state index in [4.69, 9.17) is 0 Å². The first-order valence-electron chi connectivity index (χ1n) is 7.54. The van der Waals surface area contributed by atoms with Crippen LogP contribution in [0.2, 0.25) is 0 Å². The Morgan fingerprint density at radius 3 is 2.33 bits per heavy atom. The van der Waals surface area contributed by atoms with E-state index in [0.29, 0.717) is 0 Å². The Labute approximate surface area is 136 Å². The molecule has 1 aromatic rings. The van der Waals surface area contributed by atoms with Crippen molar-refractivity contribution in [1.82, 2.24) is 9.91 Å². The highest BCUT2D eigenvalue weighted by molar-refractivity contribution is 6.12. The second-order valence-electron chi connectivity index (χ2n) is 7.14. The summed E-state index contributed by atoms with van der Waals surface area (Å²) >= 11 is 0. The summed E-state index contributed by atoms with van der Waals surface area (Å²) in [7, 11) is 1.31. The molecule has 126 valence electrons. The predicted molar refractivity (Wildman–Crippen MR) is 78.4 cm³/mol. The zero-order valence-corrected chi connectivity index (χ0v) is 13.4. The highest BCUT2D eigenvalue weighted by atomic mass is 19.1. The zero-order chi connectivity index (χ0) is 17.6. The van der Waals surface area contributed by atoms with Crippen LogP contribution in [0.5, 0.6) is 0 Å². The summed E-state index contributed by atoms with van der Waals surface area (Å²) in [6.45, 7) is 3.52. The lowest BCUT2D eigenvalue weighted by Crippen LogP contribution is -2.53. The number of imide groups is 1. The van der Waals surface area contributed by atoms with Crippen molar-refractivity contribution in [2.75, 3.05) is 18.6 Å². The molecule has 0 bridgehead atoms. The fraction of sp³-hybridized carbons (Fsp3) is 0.438. The number of carbonyl (C=O) groups excluding carboxylic acids is 3. The SMILES string of the molecule is CN1C(=O)CC2(C1=O)c1cc(F)cc(F)c1N1CC(C)(C)C(=O)N12. The molecule has 2 fully saturated rings. The number of carbonyl (C=O) groups is 3. The highest BCUT2D eigenvalue weighted by Crippen LogP contribution is 2.55. The molecule has 1 unspecified atom stereocenters. The van der Waals surface area contributed by atoms with Gasteiger partial charge in [0.05, 0.1) is 24.1 Å². The topological polar surface area (TPSA) is 60.9 Å². The minimum Gasteiger partial charge on any atom is -0.283 e. The molecule has 3 aliphatic rings. The van der Waals surface area contributed by atoms with Crippen LogP contribution in [-0.2, 0) is 19.9 Å². The fourth-order valence-electron chi connectivity index (χ4n) is 3.90. The van der Waals surface area contributed by atoms with Crippen molar-refractivity contribution in [2.45, 2.75) is 25.8 Å². The van der Waals surface area contributed by atoms with E-state index in [1.54, 1.807) is 13.8 Å². The smallest absolute Gasteiger partial charge is 0.262 e. The van der Waals surface area contributed by atoms with Gasteiger partial charge >= 0.3 is 0 Å². The second-order valence-corrected chi connectivity index (χ2v) is 7.14. The lowest BCUT2D eigenvalue weighted by atomic mass is 9.84. The minimum absolute atomic E-state index is 0.00762. The van der Waals surface area contributed by atoms with E-state index in [9.17, 15) is 23.2 Å². The summed E-state index contributed by atoms with van der Waals surface area (Å²) in [6, 6.07) is 1.76. The number of halogens is 2. The van der Waals surface area contributed by atoms with Gasteiger partial charge in [0.25, 0.3) is 5.91 Å². The fourth-order valence-corrected chi connectivity index (χ4v) is 3.90. The second kappa shape index (κ2) is 4.12.